The van der Waals surface area contributed by atoms with Gasteiger partial charge in [0.05, 0.1) is 4.90 Å². The van der Waals surface area contributed by atoms with E-state index < -0.39 is 10.0 Å². The number of nitrogens with zero attached hydrogens (tertiary/aromatic N) is 1. The first-order valence-electron chi connectivity index (χ1n) is 9.04. The van der Waals surface area contributed by atoms with Gasteiger partial charge in [-0.25, -0.2) is 8.42 Å². The van der Waals surface area contributed by atoms with Crippen molar-refractivity contribution in [3.8, 4) is 0 Å². The number of carbonyl (C=O) groups is 1. The van der Waals surface area contributed by atoms with Crippen LogP contribution in [-0.4, -0.2) is 37.3 Å². The Kier molecular flexibility index (Phi) is 6.27. The van der Waals surface area contributed by atoms with E-state index in [-0.39, 0.29) is 17.4 Å². The summed E-state index contributed by atoms with van der Waals surface area (Å²) in [6.45, 7) is 8.88. The zero-order valence-corrected chi connectivity index (χ0v) is 16.5. The molecule has 1 aromatic rings. The molecule has 0 aliphatic carbocycles. The highest BCUT2D eigenvalue weighted by Gasteiger charge is 2.33. The average Bonchev–Trinajstić information content (AvgIpc) is 2.55. The van der Waals surface area contributed by atoms with Crippen LogP contribution in [0.4, 0.5) is 0 Å². The monoisotopic (exact) mass is 366 g/mol. The number of aryl methyl sites for hydroxylation is 1. The Morgan fingerprint density at radius 3 is 2.28 bits per heavy atom. The molecular formula is C19H30N2O3S. The third-order valence-electron chi connectivity index (χ3n) is 4.82. The summed E-state index contributed by atoms with van der Waals surface area (Å²) in [4.78, 5) is 12.8. The number of hydrogen-bond acceptors (Lipinski definition) is 3. The Balaban J connectivity index is 1.97. The maximum absolute atomic E-state index is 12.7. The van der Waals surface area contributed by atoms with Gasteiger partial charge in [-0.3, -0.25) is 4.79 Å². The molecule has 5 nitrogen and oxygen atoms in total. The zero-order chi connectivity index (χ0) is 18.7. The van der Waals surface area contributed by atoms with Crippen LogP contribution in [0.25, 0.3) is 0 Å². The summed E-state index contributed by atoms with van der Waals surface area (Å²) < 4.78 is 26.9. The van der Waals surface area contributed by atoms with Crippen molar-refractivity contribution in [1.82, 2.24) is 9.62 Å². The van der Waals surface area contributed by atoms with Crippen molar-refractivity contribution < 1.29 is 13.2 Å². The second-order valence-corrected chi connectivity index (χ2v) is 9.55. The van der Waals surface area contributed by atoms with Crippen LogP contribution in [0.1, 0.15) is 52.0 Å². The number of benzene rings is 1. The Bertz CT molecular complexity index is 688. The normalized spacial score (nSPS) is 17.4. The number of sulfonamides is 1. The summed E-state index contributed by atoms with van der Waals surface area (Å²) in [7, 11) is -3.47. The van der Waals surface area contributed by atoms with E-state index >= 15 is 0 Å². The highest BCUT2D eigenvalue weighted by molar-refractivity contribution is 7.89. The molecule has 1 heterocycles. The zero-order valence-electron chi connectivity index (χ0n) is 15.7. The van der Waals surface area contributed by atoms with E-state index in [2.05, 4.69) is 12.2 Å². The molecule has 0 atom stereocenters. The van der Waals surface area contributed by atoms with E-state index in [1.54, 1.807) is 12.1 Å². The molecule has 1 aliphatic rings. The second-order valence-electron chi connectivity index (χ2n) is 7.61. The van der Waals surface area contributed by atoms with Crippen molar-refractivity contribution >= 4 is 15.9 Å². The first-order chi connectivity index (χ1) is 11.7. The average molecular weight is 367 g/mol. The maximum Gasteiger partial charge on any atom is 0.243 e. The van der Waals surface area contributed by atoms with Crippen LogP contribution >= 0.6 is 0 Å². The molecule has 1 aliphatic heterocycles. The van der Waals surface area contributed by atoms with Gasteiger partial charge in [0.15, 0.2) is 0 Å². The SMILES string of the molecule is CCCC(C)(C)NC(=O)C1CCN(S(=O)(=O)c2ccc(C)cc2)CC1. The van der Waals surface area contributed by atoms with E-state index in [0.717, 1.165) is 18.4 Å². The topological polar surface area (TPSA) is 66.5 Å². The summed E-state index contributed by atoms with van der Waals surface area (Å²) in [5, 5.41) is 3.11. The van der Waals surface area contributed by atoms with Gasteiger partial charge in [0.1, 0.15) is 0 Å². The quantitative estimate of drug-likeness (QED) is 0.841. The predicted molar refractivity (Wildman–Crippen MR) is 99.8 cm³/mol. The first-order valence-corrected chi connectivity index (χ1v) is 10.5. The molecule has 140 valence electrons. The number of amides is 1. The highest BCUT2D eigenvalue weighted by Crippen LogP contribution is 2.25. The lowest BCUT2D eigenvalue weighted by Crippen LogP contribution is -2.49. The van der Waals surface area contributed by atoms with Gasteiger partial charge >= 0.3 is 0 Å². The molecule has 0 saturated carbocycles. The molecule has 0 unspecified atom stereocenters. The summed E-state index contributed by atoms with van der Waals surface area (Å²) >= 11 is 0. The van der Waals surface area contributed by atoms with Crippen LogP contribution in [-0.2, 0) is 14.8 Å². The Morgan fingerprint density at radius 2 is 1.76 bits per heavy atom. The van der Waals surface area contributed by atoms with E-state index in [4.69, 9.17) is 0 Å². The van der Waals surface area contributed by atoms with Gasteiger partial charge in [0, 0.05) is 24.5 Å². The van der Waals surface area contributed by atoms with Crippen LogP contribution in [0.3, 0.4) is 0 Å². The molecule has 0 bridgehead atoms. The number of piperidine rings is 1. The Labute approximate surface area is 151 Å². The second kappa shape index (κ2) is 7.87. The van der Waals surface area contributed by atoms with Crippen LogP contribution in [0, 0.1) is 12.8 Å². The summed E-state index contributed by atoms with van der Waals surface area (Å²) in [5.41, 5.74) is 0.820. The van der Waals surface area contributed by atoms with Gasteiger partial charge in [-0.2, -0.15) is 4.31 Å². The van der Waals surface area contributed by atoms with Gasteiger partial charge in [-0.1, -0.05) is 31.0 Å². The van der Waals surface area contributed by atoms with Crippen molar-refractivity contribution in [2.45, 2.75) is 63.8 Å². The Hall–Kier alpha value is -1.40. The minimum atomic E-state index is -3.47. The van der Waals surface area contributed by atoms with Crippen molar-refractivity contribution in [1.29, 1.82) is 0 Å². The van der Waals surface area contributed by atoms with Crippen LogP contribution < -0.4 is 5.32 Å². The summed E-state index contributed by atoms with van der Waals surface area (Å²) in [5.74, 6) is -0.0635. The molecule has 6 heteroatoms. The molecular weight excluding hydrogens is 336 g/mol. The fourth-order valence-corrected chi connectivity index (χ4v) is 4.81. The lowest BCUT2D eigenvalue weighted by molar-refractivity contribution is -0.127. The van der Waals surface area contributed by atoms with E-state index in [9.17, 15) is 13.2 Å². The van der Waals surface area contributed by atoms with Crippen molar-refractivity contribution in [3.05, 3.63) is 29.8 Å². The Morgan fingerprint density at radius 1 is 1.20 bits per heavy atom. The van der Waals surface area contributed by atoms with E-state index in [1.807, 2.05) is 32.9 Å². The van der Waals surface area contributed by atoms with Gasteiger partial charge in [0.25, 0.3) is 0 Å². The summed E-state index contributed by atoms with van der Waals surface area (Å²) in [6.07, 6.45) is 3.08. The number of rotatable bonds is 6. The van der Waals surface area contributed by atoms with E-state index in [0.29, 0.717) is 30.8 Å². The van der Waals surface area contributed by atoms with Crippen LogP contribution in [0.5, 0.6) is 0 Å². The molecule has 1 aromatic carbocycles. The molecule has 2 rings (SSSR count). The van der Waals surface area contributed by atoms with E-state index in [1.165, 1.54) is 4.31 Å². The number of nitrogens with one attached hydrogen (secondary N) is 1. The van der Waals surface area contributed by atoms with Crippen LogP contribution in [0.2, 0.25) is 0 Å². The van der Waals surface area contributed by atoms with Gasteiger partial charge < -0.3 is 5.32 Å². The smallest absolute Gasteiger partial charge is 0.243 e. The molecule has 1 saturated heterocycles. The predicted octanol–water partition coefficient (Wildman–Crippen LogP) is 3.09. The standard InChI is InChI=1S/C19H30N2O3S/c1-5-12-19(3,4)20-18(22)16-10-13-21(14-11-16)25(23,24)17-8-6-15(2)7-9-17/h6-9,16H,5,10-14H2,1-4H3,(H,20,22). The molecule has 1 N–H and O–H groups in total. The van der Waals surface area contributed by atoms with Gasteiger partial charge in [0.2, 0.25) is 15.9 Å². The van der Waals surface area contributed by atoms with Crippen LogP contribution in [0.15, 0.2) is 29.2 Å². The van der Waals surface area contributed by atoms with Gasteiger partial charge in [-0.15, -0.1) is 0 Å². The maximum atomic E-state index is 12.7. The molecule has 25 heavy (non-hydrogen) atoms. The minimum Gasteiger partial charge on any atom is -0.351 e. The van der Waals surface area contributed by atoms with Gasteiger partial charge in [-0.05, 0) is 52.2 Å². The fraction of sp³-hybridized carbons (Fsp3) is 0.632. The van der Waals surface area contributed by atoms with Crippen molar-refractivity contribution in [3.63, 3.8) is 0 Å². The fourth-order valence-electron chi connectivity index (χ4n) is 3.34. The lowest BCUT2D eigenvalue weighted by atomic mass is 9.93. The van der Waals surface area contributed by atoms with Crippen molar-refractivity contribution in [2.24, 2.45) is 5.92 Å². The summed E-state index contributed by atoms with van der Waals surface area (Å²) in [6, 6.07) is 6.92. The van der Waals surface area contributed by atoms with Crippen molar-refractivity contribution in [2.75, 3.05) is 13.1 Å². The minimum absolute atomic E-state index is 0.0471. The molecule has 0 spiro atoms. The lowest BCUT2D eigenvalue weighted by Gasteiger charge is -2.33. The largest absolute Gasteiger partial charge is 0.351 e. The molecule has 1 fully saturated rings. The third kappa shape index (κ3) is 5.05. The molecule has 0 aromatic heterocycles. The third-order valence-corrected chi connectivity index (χ3v) is 6.73. The number of carbonyl (C=O) groups excluding carboxylic acids is 1. The first kappa shape index (κ1) is 19.9. The highest BCUT2D eigenvalue weighted by atomic mass is 32.2. The molecule has 1 amide bonds. The molecule has 0 radical (unpaired) electrons. The number of hydrogen-bond donors (Lipinski definition) is 1.